The Morgan fingerprint density at radius 1 is 1.43 bits per heavy atom. The lowest BCUT2D eigenvalue weighted by Crippen LogP contribution is -2.44. The number of carboxylic acids is 1. The number of sulfonamides is 1. The molecule has 1 aromatic carbocycles. The van der Waals surface area contributed by atoms with Crippen molar-refractivity contribution in [3.05, 3.63) is 24.3 Å². The van der Waals surface area contributed by atoms with Crippen molar-refractivity contribution in [3.63, 3.8) is 0 Å². The maximum Gasteiger partial charge on any atom is 0.341 e. The Morgan fingerprint density at radius 3 is 2.67 bits per heavy atom. The van der Waals surface area contributed by atoms with Gasteiger partial charge in [-0.15, -0.1) is 0 Å². The Balaban J connectivity index is 2.14. The van der Waals surface area contributed by atoms with E-state index < -0.39 is 22.6 Å². The van der Waals surface area contributed by atoms with Crippen molar-refractivity contribution < 1.29 is 23.1 Å². The normalized spacial score (nSPS) is 20.1. The van der Waals surface area contributed by atoms with Crippen LogP contribution in [-0.4, -0.2) is 54.5 Å². The minimum atomic E-state index is -3.51. The lowest BCUT2D eigenvalue weighted by atomic mass is 10.3. The number of benzene rings is 1. The SMILES string of the molecule is CC1CSCCN1S(=O)(=O)c1ccc(OCC(=O)O)cc1. The first-order valence-corrected chi connectivity index (χ1v) is 9.05. The maximum atomic E-state index is 12.6. The smallest absolute Gasteiger partial charge is 0.341 e. The van der Waals surface area contributed by atoms with Crippen LogP contribution in [-0.2, 0) is 14.8 Å². The zero-order chi connectivity index (χ0) is 15.5. The summed E-state index contributed by atoms with van der Waals surface area (Å²) in [5.41, 5.74) is 0. The van der Waals surface area contributed by atoms with Gasteiger partial charge in [-0.3, -0.25) is 0 Å². The Hall–Kier alpha value is -1.25. The summed E-state index contributed by atoms with van der Waals surface area (Å²) >= 11 is 1.75. The van der Waals surface area contributed by atoms with Gasteiger partial charge in [0.2, 0.25) is 10.0 Å². The highest BCUT2D eigenvalue weighted by Crippen LogP contribution is 2.25. The molecule has 1 aliphatic heterocycles. The van der Waals surface area contributed by atoms with Gasteiger partial charge in [0.1, 0.15) is 5.75 Å². The van der Waals surface area contributed by atoms with Crippen LogP contribution in [0.1, 0.15) is 6.92 Å². The predicted molar refractivity (Wildman–Crippen MR) is 80.3 cm³/mol. The molecule has 1 heterocycles. The molecule has 1 aromatic rings. The third-order valence-electron chi connectivity index (χ3n) is 3.10. The summed E-state index contributed by atoms with van der Waals surface area (Å²) in [6, 6.07) is 5.80. The number of aliphatic carboxylic acids is 1. The molecule has 21 heavy (non-hydrogen) atoms. The van der Waals surface area contributed by atoms with Gasteiger partial charge >= 0.3 is 5.97 Å². The first-order valence-electron chi connectivity index (χ1n) is 6.45. The molecule has 1 unspecified atom stereocenters. The van der Waals surface area contributed by atoms with Crippen LogP contribution in [0.2, 0.25) is 0 Å². The van der Waals surface area contributed by atoms with Crippen LogP contribution < -0.4 is 4.74 Å². The molecule has 1 fully saturated rings. The number of nitrogens with zero attached hydrogens (tertiary/aromatic N) is 1. The topological polar surface area (TPSA) is 83.9 Å². The average Bonchev–Trinajstić information content (AvgIpc) is 2.46. The van der Waals surface area contributed by atoms with Crippen LogP contribution in [0.25, 0.3) is 0 Å². The van der Waals surface area contributed by atoms with Crippen molar-refractivity contribution in [1.29, 1.82) is 0 Å². The molecule has 0 amide bonds. The van der Waals surface area contributed by atoms with Gasteiger partial charge in [-0.25, -0.2) is 13.2 Å². The minimum Gasteiger partial charge on any atom is -0.482 e. The fraction of sp³-hybridized carbons (Fsp3) is 0.462. The van der Waals surface area contributed by atoms with Gasteiger partial charge < -0.3 is 9.84 Å². The fourth-order valence-electron chi connectivity index (χ4n) is 2.06. The molecule has 0 saturated carbocycles. The van der Waals surface area contributed by atoms with E-state index in [0.29, 0.717) is 12.3 Å². The molecule has 116 valence electrons. The summed E-state index contributed by atoms with van der Waals surface area (Å²) < 4.78 is 31.6. The van der Waals surface area contributed by atoms with Gasteiger partial charge in [0.15, 0.2) is 6.61 Å². The molecule has 0 aromatic heterocycles. The monoisotopic (exact) mass is 331 g/mol. The molecule has 1 aliphatic rings. The zero-order valence-electron chi connectivity index (χ0n) is 11.6. The number of carboxylic acid groups (broad SMARTS) is 1. The zero-order valence-corrected chi connectivity index (χ0v) is 13.2. The van der Waals surface area contributed by atoms with E-state index in [1.165, 1.54) is 28.6 Å². The van der Waals surface area contributed by atoms with Gasteiger partial charge in [-0.2, -0.15) is 16.1 Å². The van der Waals surface area contributed by atoms with E-state index in [4.69, 9.17) is 9.84 Å². The highest BCUT2D eigenvalue weighted by molar-refractivity contribution is 7.99. The molecule has 6 nitrogen and oxygen atoms in total. The summed E-state index contributed by atoms with van der Waals surface area (Å²) in [5, 5.41) is 8.53. The van der Waals surface area contributed by atoms with E-state index in [2.05, 4.69) is 0 Å². The lowest BCUT2D eigenvalue weighted by Gasteiger charge is -2.31. The van der Waals surface area contributed by atoms with Crippen molar-refractivity contribution in [2.75, 3.05) is 24.7 Å². The second kappa shape index (κ2) is 6.67. The number of carbonyl (C=O) groups is 1. The highest BCUT2D eigenvalue weighted by Gasteiger charge is 2.31. The number of thioether (sulfide) groups is 1. The van der Waals surface area contributed by atoms with Gasteiger partial charge in [0, 0.05) is 24.1 Å². The summed E-state index contributed by atoms with van der Waals surface area (Å²) in [5.74, 6) is 0.840. The number of rotatable bonds is 5. The third kappa shape index (κ3) is 3.90. The molecule has 8 heteroatoms. The standard InChI is InChI=1S/C13H17NO5S2/c1-10-9-20-7-6-14(10)21(17,18)12-4-2-11(3-5-12)19-8-13(15)16/h2-5,10H,6-9H2,1H3,(H,15,16). The number of hydrogen-bond donors (Lipinski definition) is 1. The third-order valence-corrected chi connectivity index (χ3v) is 6.32. The molecule has 2 rings (SSSR count). The molecule has 0 radical (unpaired) electrons. The second-order valence-electron chi connectivity index (χ2n) is 4.69. The van der Waals surface area contributed by atoms with Crippen molar-refractivity contribution in [3.8, 4) is 5.75 Å². The maximum absolute atomic E-state index is 12.6. The van der Waals surface area contributed by atoms with Gasteiger partial charge in [0.05, 0.1) is 4.90 Å². The molecule has 1 saturated heterocycles. The van der Waals surface area contributed by atoms with Crippen LogP contribution in [0, 0.1) is 0 Å². The van der Waals surface area contributed by atoms with E-state index in [9.17, 15) is 13.2 Å². The predicted octanol–water partition coefficient (Wildman–Crippen LogP) is 1.28. The second-order valence-corrected chi connectivity index (χ2v) is 7.73. The van der Waals surface area contributed by atoms with Gasteiger partial charge in [0.25, 0.3) is 0 Å². The molecule has 1 N–H and O–H groups in total. The largest absolute Gasteiger partial charge is 0.482 e. The summed E-state index contributed by atoms with van der Waals surface area (Å²) in [7, 11) is -3.51. The molecule has 0 spiro atoms. The van der Waals surface area contributed by atoms with E-state index >= 15 is 0 Å². The van der Waals surface area contributed by atoms with Crippen LogP contribution >= 0.6 is 11.8 Å². The van der Waals surface area contributed by atoms with E-state index in [1.54, 1.807) is 11.8 Å². The van der Waals surface area contributed by atoms with E-state index in [1.807, 2.05) is 6.92 Å². The number of ether oxygens (including phenoxy) is 1. The van der Waals surface area contributed by atoms with Crippen molar-refractivity contribution in [1.82, 2.24) is 4.31 Å². The van der Waals surface area contributed by atoms with Crippen molar-refractivity contribution >= 4 is 27.8 Å². The Morgan fingerprint density at radius 2 is 2.10 bits per heavy atom. The summed E-state index contributed by atoms with van der Waals surface area (Å²) in [6.07, 6.45) is 0. The lowest BCUT2D eigenvalue weighted by molar-refractivity contribution is -0.139. The first kappa shape index (κ1) is 16.1. The molecular formula is C13H17NO5S2. The quantitative estimate of drug-likeness (QED) is 0.875. The first-order chi connectivity index (χ1) is 9.91. The molecular weight excluding hydrogens is 314 g/mol. The summed E-state index contributed by atoms with van der Waals surface area (Å²) in [4.78, 5) is 10.6. The highest BCUT2D eigenvalue weighted by atomic mass is 32.2. The molecule has 0 aliphatic carbocycles. The number of hydrogen-bond acceptors (Lipinski definition) is 5. The Kier molecular flexibility index (Phi) is 5.13. The van der Waals surface area contributed by atoms with Gasteiger partial charge in [-0.05, 0) is 31.2 Å². The molecule has 1 atom stereocenters. The van der Waals surface area contributed by atoms with Crippen LogP contribution in [0.5, 0.6) is 5.75 Å². The minimum absolute atomic E-state index is 0.0308. The molecule has 0 bridgehead atoms. The van der Waals surface area contributed by atoms with Gasteiger partial charge in [-0.1, -0.05) is 0 Å². The Labute approximate surface area is 128 Å². The van der Waals surface area contributed by atoms with Crippen LogP contribution in [0.15, 0.2) is 29.2 Å². The van der Waals surface area contributed by atoms with E-state index in [0.717, 1.165) is 11.5 Å². The average molecular weight is 331 g/mol. The van der Waals surface area contributed by atoms with Crippen LogP contribution in [0.3, 0.4) is 0 Å². The van der Waals surface area contributed by atoms with Crippen molar-refractivity contribution in [2.45, 2.75) is 17.9 Å². The Bertz CT molecular complexity index is 599. The van der Waals surface area contributed by atoms with Crippen molar-refractivity contribution in [2.24, 2.45) is 0 Å². The fourth-order valence-corrected chi connectivity index (χ4v) is 4.91. The summed E-state index contributed by atoms with van der Waals surface area (Å²) in [6.45, 7) is 1.95. The van der Waals surface area contributed by atoms with E-state index in [-0.39, 0.29) is 10.9 Å². The van der Waals surface area contributed by atoms with Crippen LogP contribution in [0.4, 0.5) is 0 Å².